The molecule has 6 nitrogen and oxygen atoms in total. The number of ether oxygens (including phenoxy) is 2. The molecule has 0 bridgehead atoms. The topological polar surface area (TPSA) is 86.5 Å². The van der Waals surface area contributed by atoms with E-state index >= 15 is 0 Å². The smallest absolute Gasteiger partial charge is 0.422 e. The molecule has 0 unspecified atom stereocenters. The highest BCUT2D eigenvalue weighted by Gasteiger charge is 2.38. The standard InChI is InChI=1S/C15H20F3N3O3/c16-15(17,18)10-24-12-7-11(1-4-20-12)8-21-13(22)14(9-19)2-5-23-6-3-14/h1,4,7H,2-3,5-6,8-10,19H2,(H,21,22). The fourth-order valence-electron chi connectivity index (χ4n) is 2.45. The van der Waals surface area contributed by atoms with Crippen molar-refractivity contribution in [3.05, 3.63) is 23.9 Å². The van der Waals surface area contributed by atoms with Crippen LogP contribution in [0, 0.1) is 5.41 Å². The first-order valence-electron chi connectivity index (χ1n) is 7.55. The first kappa shape index (κ1) is 18.5. The third kappa shape index (κ3) is 5.07. The van der Waals surface area contributed by atoms with Crippen molar-refractivity contribution in [1.29, 1.82) is 0 Å². The Labute approximate surface area is 137 Å². The van der Waals surface area contributed by atoms with E-state index in [1.54, 1.807) is 6.07 Å². The summed E-state index contributed by atoms with van der Waals surface area (Å²) < 4.78 is 46.3. The summed E-state index contributed by atoms with van der Waals surface area (Å²) in [6.07, 6.45) is -2.00. The van der Waals surface area contributed by atoms with Gasteiger partial charge in [0, 0.05) is 38.6 Å². The minimum absolute atomic E-state index is 0.140. The highest BCUT2D eigenvalue weighted by atomic mass is 19.4. The van der Waals surface area contributed by atoms with Crippen LogP contribution < -0.4 is 15.8 Å². The van der Waals surface area contributed by atoms with Crippen LogP contribution >= 0.6 is 0 Å². The van der Waals surface area contributed by atoms with E-state index in [0.717, 1.165) is 0 Å². The van der Waals surface area contributed by atoms with Crippen molar-refractivity contribution in [2.45, 2.75) is 25.6 Å². The summed E-state index contributed by atoms with van der Waals surface area (Å²) >= 11 is 0. The van der Waals surface area contributed by atoms with E-state index < -0.39 is 18.2 Å². The van der Waals surface area contributed by atoms with Crippen LogP contribution in [0.5, 0.6) is 5.88 Å². The monoisotopic (exact) mass is 347 g/mol. The number of carbonyl (C=O) groups excluding carboxylic acids is 1. The molecule has 1 aromatic heterocycles. The largest absolute Gasteiger partial charge is 0.468 e. The fraction of sp³-hybridized carbons (Fsp3) is 0.600. The number of rotatable bonds is 6. The Morgan fingerprint density at radius 3 is 2.75 bits per heavy atom. The molecule has 1 aromatic rings. The van der Waals surface area contributed by atoms with Crippen molar-refractivity contribution in [1.82, 2.24) is 10.3 Å². The van der Waals surface area contributed by atoms with E-state index in [1.807, 2.05) is 0 Å². The average Bonchev–Trinajstić information content (AvgIpc) is 2.58. The Balaban J connectivity index is 1.92. The minimum atomic E-state index is -4.43. The van der Waals surface area contributed by atoms with Crippen LogP contribution in [0.25, 0.3) is 0 Å². The van der Waals surface area contributed by atoms with E-state index in [1.165, 1.54) is 12.3 Å². The number of halogens is 3. The Bertz CT molecular complexity index is 560. The molecule has 1 aliphatic rings. The molecule has 1 aliphatic heterocycles. The van der Waals surface area contributed by atoms with Gasteiger partial charge in [-0.25, -0.2) is 4.98 Å². The minimum Gasteiger partial charge on any atom is -0.468 e. The Kier molecular flexibility index (Phi) is 6.00. The highest BCUT2D eigenvalue weighted by molar-refractivity contribution is 5.83. The summed E-state index contributed by atoms with van der Waals surface area (Å²) in [6, 6.07) is 2.96. The lowest BCUT2D eigenvalue weighted by molar-refractivity contribution is -0.154. The number of nitrogens with two attached hydrogens (primary N) is 1. The zero-order valence-electron chi connectivity index (χ0n) is 13.1. The zero-order chi connectivity index (χ0) is 17.6. The second-order valence-corrected chi connectivity index (χ2v) is 5.69. The Hall–Kier alpha value is -1.87. The Morgan fingerprint density at radius 2 is 2.12 bits per heavy atom. The van der Waals surface area contributed by atoms with Crippen LogP contribution in [-0.2, 0) is 16.1 Å². The molecular weight excluding hydrogens is 327 g/mol. The summed E-state index contributed by atoms with van der Waals surface area (Å²) in [4.78, 5) is 16.1. The van der Waals surface area contributed by atoms with Crippen molar-refractivity contribution in [2.24, 2.45) is 11.1 Å². The summed E-state index contributed by atoms with van der Waals surface area (Å²) in [5, 5.41) is 2.78. The van der Waals surface area contributed by atoms with E-state index in [-0.39, 0.29) is 24.9 Å². The van der Waals surface area contributed by atoms with Crippen LogP contribution in [0.2, 0.25) is 0 Å². The van der Waals surface area contributed by atoms with Gasteiger partial charge in [0.2, 0.25) is 11.8 Å². The maximum atomic E-state index is 12.4. The van der Waals surface area contributed by atoms with Crippen molar-refractivity contribution < 1.29 is 27.4 Å². The van der Waals surface area contributed by atoms with Crippen molar-refractivity contribution in [3.8, 4) is 5.88 Å². The summed E-state index contributed by atoms with van der Waals surface area (Å²) in [6.45, 7) is -0.0679. The average molecular weight is 347 g/mol. The molecule has 134 valence electrons. The molecule has 24 heavy (non-hydrogen) atoms. The number of amides is 1. The van der Waals surface area contributed by atoms with Crippen LogP contribution in [0.4, 0.5) is 13.2 Å². The molecule has 1 saturated heterocycles. The molecule has 1 amide bonds. The molecule has 3 N–H and O–H groups in total. The molecule has 0 atom stereocenters. The third-order valence-electron chi connectivity index (χ3n) is 3.96. The maximum Gasteiger partial charge on any atom is 0.422 e. The maximum absolute atomic E-state index is 12.4. The molecule has 0 aromatic carbocycles. The molecule has 0 spiro atoms. The second-order valence-electron chi connectivity index (χ2n) is 5.69. The van der Waals surface area contributed by atoms with Crippen LogP contribution in [0.3, 0.4) is 0 Å². The molecule has 0 radical (unpaired) electrons. The number of nitrogens with zero attached hydrogens (tertiary/aromatic N) is 1. The molecule has 2 rings (SSSR count). The van der Waals surface area contributed by atoms with Gasteiger partial charge in [-0.2, -0.15) is 13.2 Å². The first-order chi connectivity index (χ1) is 11.3. The van der Waals surface area contributed by atoms with Gasteiger partial charge in [0.25, 0.3) is 0 Å². The second kappa shape index (κ2) is 7.80. The molecule has 0 saturated carbocycles. The van der Waals surface area contributed by atoms with Crippen molar-refractivity contribution in [3.63, 3.8) is 0 Å². The number of hydrogen-bond donors (Lipinski definition) is 2. The van der Waals surface area contributed by atoms with Crippen LogP contribution in [0.15, 0.2) is 18.3 Å². The summed E-state index contributed by atoms with van der Waals surface area (Å²) in [5.41, 5.74) is 5.70. The number of aromatic nitrogens is 1. The van der Waals surface area contributed by atoms with E-state index in [0.29, 0.717) is 31.6 Å². The van der Waals surface area contributed by atoms with Gasteiger partial charge in [-0.3, -0.25) is 4.79 Å². The van der Waals surface area contributed by atoms with E-state index in [4.69, 9.17) is 10.5 Å². The molecule has 0 aliphatic carbocycles. The van der Waals surface area contributed by atoms with Gasteiger partial charge < -0.3 is 20.5 Å². The third-order valence-corrected chi connectivity index (χ3v) is 3.96. The van der Waals surface area contributed by atoms with Gasteiger partial charge >= 0.3 is 6.18 Å². The lowest BCUT2D eigenvalue weighted by atomic mass is 9.79. The first-order valence-corrected chi connectivity index (χ1v) is 7.55. The quantitative estimate of drug-likeness (QED) is 0.812. The normalized spacial score (nSPS) is 17.3. The number of hydrogen-bond acceptors (Lipinski definition) is 5. The van der Waals surface area contributed by atoms with Gasteiger partial charge in [0.05, 0.1) is 5.41 Å². The SMILES string of the molecule is NCC1(C(=O)NCc2ccnc(OCC(F)(F)F)c2)CCOCC1. The zero-order valence-corrected chi connectivity index (χ0v) is 13.1. The predicted octanol–water partition coefficient (Wildman–Crippen LogP) is 1.39. The van der Waals surface area contributed by atoms with Gasteiger partial charge in [-0.05, 0) is 24.5 Å². The van der Waals surface area contributed by atoms with Crippen LogP contribution in [0.1, 0.15) is 18.4 Å². The predicted molar refractivity (Wildman–Crippen MR) is 79.2 cm³/mol. The number of pyridine rings is 1. The van der Waals surface area contributed by atoms with Gasteiger partial charge in [0.15, 0.2) is 6.61 Å². The molecule has 1 fully saturated rings. The van der Waals surface area contributed by atoms with Gasteiger partial charge in [0.1, 0.15) is 0 Å². The van der Waals surface area contributed by atoms with Crippen molar-refractivity contribution >= 4 is 5.91 Å². The summed E-state index contributed by atoms with van der Waals surface area (Å²) in [5.74, 6) is -0.318. The summed E-state index contributed by atoms with van der Waals surface area (Å²) in [7, 11) is 0. The number of alkyl halides is 3. The fourth-order valence-corrected chi connectivity index (χ4v) is 2.45. The number of carbonyl (C=O) groups is 1. The van der Waals surface area contributed by atoms with Crippen molar-refractivity contribution in [2.75, 3.05) is 26.4 Å². The van der Waals surface area contributed by atoms with Crippen LogP contribution in [-0.4, -0.2) is 43.4 Å². The molecule has 9 heteroatoms. The molecular formula is C15H20F3N3O3. The molecule has 2 heterocycles. The van der Waals surface area contributed by atoms with Gasteiger partial charge in [-0.15, -0.1) is 0 Å². The lowest BCUT2D eigenvalue weighted by Crippen LogP contribution is -2.48. The Morgan fingerprint density at radius 1 is 1.42 bits per heavy atom. The van der Waals surface area contributed by atoms with E-state index in [9.17, 15) is 18.0 Å². The van der Waals surface area contributed by atoms with Gasteiger partial charge in [-0.1, -0.05) is 0 Å². The lowest BCUT2D eigenvalue weighted by Gasteiger charge is -2.34. The number of nitrogens with one attached hydrogen (secondary N) is 1. The highest BCUT2D eigenvalue weighted by Crippen LogP contribution is 2.29. The van der Waals surface area contributed by atoms with E-state index in [2.05, 4.69) is 15.0 Å².